The Morgan fingerprint density at radius 2 is 1.45 bits per heavy atom. The molecule has 0 spiro atoms. The second-order valence-corrected chi connectivity index (χ2v) is 26.5. The Bertz CT molecular complexity index is 3380. The monoisotopic (exact) mass is 1330 g/mol. The van der Waals surface area contributed by atoms with Gasteiger partial charge in [-0.1, -0.05) is 85.2 Å². The van der Waals surface area contributed by atoms with Crippen molar-refractivity contribution in [3.63, 3.8) is 0 Å². The SMILES string of the molecule is CC[C@H](C)[C@@H]1NC(=O)CNC(=O)[C@H]2CC(=O)[C@H]([C@@H](C)[C@@H](O)CO)NC(=O)[C@@H]3CC(O)CN3C(=O)[C@H](CC(=O)NCc3ccc(NC(=O)[C@H](C)CC(=O)C(NC(=O)CCN4C(=O)CC(C)C4=O)C(C)C)cc3)CC(=O)C(CSc3[nH]c4ccccc4c3C2)NC(=O)CNC1=O. The molecule has 11 amide bonds. The lowest BCUT2D eigenvalue weighted by atomic mass is 9.85. The number of anilines is 1. The number of thioether (sulfide) groups is 1. The van der Waals surface area contributed by atoms with Crippen LogP contribution in [0.4, 0.5) is 5.69 Å². The summed E-state index contributed by atoms with van der Waals surface area (Å²) < 4.78 is 0. The molecule has 3 aromatic rings. The molecule has 28 nitrogen and oxygen atoms in total. The molecule has 2 aromatic carbocycles. The molecule has 510 valence electrons. The topological polar surface area (TPSA) is 418 Å². The van der Waals surface area contributed by atoms with Gasteiger partial charge in [0, 0.05) is 111 Å². The molecule has 4 aliphatic heterocycles. The molecule has 0 saturated carbocycles. The van der Waals surface area contributed by atoms with Crippen LogP contribution in [0.1, 0.15) is 111 Å². The molecule has 4 aliphatic rings. The van der Waals surface area contributed by atoms with E-state index in [2.05, 4.69) is 47.5 Å². The van der Waals surface area contributed by atoms with Crippen molar-refractivity contribution in [2.75, 3.05) is 43.9 Å². The summed E-state index contributed by atoms with van der Waals surface area (Å²) in [5, 5.41) is 54.5. The van der Waals surface area contributed by atoms with Crippen molar-refractivity contribution >= 4 is 111 Å². The smallest absolute Gasteiger partial charge is 0.243 e. The highest BCUT2D eigenvalue weighted by Crippen LogP contribution is 2.35. The quantitative estimate of drug-likeness (QED) is 0.0693. The van der Waals surface area contributed by atoms with E-state index in [9.17, 15) is 72.9 Å². The maximum atomic E-state index is 15.1. The van der Waals surface area contributed by atoms with E-state index in [1.165, 1.54) is 6.92 Å². The molecule has 7 rings (SSSR count). The number of aliphatic hydroxyl groups excluding tert-OH is 3. The number of amides is 11. The maximum Gasteiger partial charge on any atom is 0.243 e. The van der Waals surface area contributed by atoms with Gasteiger partial charge in [0.25, 0.3) is 0 Å². The van der Waals surface area contributed by atoms with Crippen LogP contribution in [0.15, 0.2) is 53.6 Å². The Morgan fingerprint density at radius 1 is 0.766 bits per heavy atom. The number of hydrogen-bond acceptors (Lipinski definition) is 18. The number of H-pyrrole nitrogens is 1. The number of rotatable bonds is 19. The molecule has 2 saturated heterocycles. The average Bonchev–Trinajstić information content (AvgIpc) is 1.63. The normalized spacial score (nSPS) is 24.8. The first-order chi connectivity index (χ1) is 44.6. The van der Waals surface area contributed by atoms with E-state index in [4.69, 9.17) is 0 Å². The minimum atomic E-state index is -1.63. The number of likely N-dealkylation sites (tertiary alicyclic amines) is 1. The van der Waals surface area contributed by atoms with Crippen LogP contribution >= 0.6 is 11.8 Å². The molecular formula is C65H87N11O17S. The predicted octanol–water partition coefficient (Wildman–Crippen LogP) is -0.169. The van der Waals surface area contributed by atoms with Gasteiger partial charge in [-0.15, -0.1) is 11.8 Å². The van der Waals surface area contributed by atoms with E-state index in [1.807, 2.05) is 0 Å². The molecule has 0 aliphatic carbocycles. The van der Waals surface area contributed by atoms with E-state index >= 15 is 9.59 Å². The van der Waals surface area contributed by atoms with Crippen molar-refractivity contribution in [1.82, 2.24) is 52.0 Å². The van der Waals surface area contributed by atoms with E-state index in [0.29, 0.717) is 39.2 Å². The number of aromatic amines is 1. The molecule has 2 fully saturated rings. The fraction of sp³-hybridized carbons (Fsp3) is 0.569. The van der Waals surface area contributed by atoms with Crippen molar-refractivity contribution in [1.29, 1.82) is 0 Å². The lowest BCUT2D eigenvalue weighted by molar-refractivity contribution is -0.145. The first kappa shape index (κ1) is 73.0. The maximum absolute atomic E-state index is 15.1. The summed E-state index contributed by atoms with van der Waals surface area (Å²) in [6, 6.07) is 6.53. The lowest BCUT2D eigenvalue weighted by Crippen LogP contribution is -2.56. The number of nitrogens with zero attached hydrogens (tertiary/aromatic N) is 2. The third-order valence-corrected chi connectivity index (χ3v) is 19.0. The van der Waals surface area contributed by atoms with Gasteiger partial charge in [-0.05, 0) is 47.6 Å². The highest BCUT2D eigenvalue weighted by Gasteiger charge is 2.45. The summed E-state index contributed by atoms with van der Waals surface area (Å²) >= 11 is 1.06. The summed E-state index contributed by atoms with van der Waals surface area (Å²) in [4.78, 5) is 199. The molecule has 1 aromatic heterocycles. The molecule has 2 bridgehead atoms. The van der Waals surface area contributed by atoms with Crippen molar-refractivity contribution < 1.29 is 82.4 Å². The summed E-state index contributed by atoms with van der Waals surface area (Å²) in [6.45, 7) is 8.60. The minimum Gasteiger partial charge on any atom is -0.394 e. The molecule has 0 radical (unpaired) electrons. The number of ketones is 3. The third-order valence-electron chi connectivity index (χ3n) is 17.9. The van der Waals surface area contributed by atoms with Gasteiger partial charge >= 0.3 is 0 Å². The van der Waals surface area contributed by atoms with Gasteiger partial charge in [-0.25, -0.2) is 0 Å². The first-order valence-corrected chi connectivity index (χ1v) is 32.9. The summed E-state index contributed by atoms with van der Waals surface area (Å²) in [5.74, 6) is -16.0. The third kappa shape index (κ3) is 18.9. The van der Waals surface area contributed by atoms with Crippen LogP contribution in [0.2, 0.25) is 0 Å². The molecule has 4 unspecified atom stereocenters. The standard InChI is InChI=1S/C65H87N11O17S/c1-8-33(4)57-62(91)68-27-53(85)70-45-31-94-63-43(42-11-9-10-12-44(42)71-63)21-38(60(89)67-28-54(86)73-57)22-49(81)58(36(7)50(82)30-77)74-61(90)46-25-41(78)29-76(46)65(93)39(23-47(45)79)24-52(84)66-26-37-13-15-40(16-14-37)69-59(88)34(5)19-48(80)56(32(2)3)72-51(83)17-18-75-55(87)20-35(6)64(75)92/h9-16,32-36,38-39,41,45-46,50,56-58,71,77-78,82H,8,17-31H2,1-7H3,(H,66,84)(H,67,89)(H,68,91)(H,69,88)(H,70,85)(H,72,83)(H,73,86)(H,74,90)/t33-,34+,35?,36-,38+,39-,41?,45?,46-,50-,56?,57-,58-/m0/s1. The second-order valence-electron chi connectivity index (χ2n) is 25.5. The van der Waals surface area contributed by atoms with Crippen LogP contribution in [-0.4, -0.2) is 193 Å². The number of benzene rings is 2. The number of nitrogens with one attached hydrogen (secondary N) is 9. The fourth-order valence-corrected chi connectivity index (χ4v) is 13.1. The number of para-hydroxylation sites is 1. The number of carbonyl (C=O) groups is 14. The summed E-state index contributed by atoms with van der Waals surface area (Å²) in [7, 11) is 0. The molecule has 29 heteroatoms. The van der Waals surface area contributed by atoms with Gasteiger partial charge in [0.1, 0.15) is 12.1 Å². The average molecular weight is 1330 g/mol. The Hall–Kier alpha value is -8.41. The fourth-order valence-electron chi connectivity index (χ4n) is 12.0. The van der Waals surface area contributed by atoms with Crippen molar-refractivity contribution in [2.45, 2.75) is 160 Å². The first-order valence-electron chi connectivity index (χ1n) is 31.9. The molecule has 12 N–H and O–H groups in total. The number of hydrogen-bond donors (Lipinski definition) is 12. The Balaban J connectivity index is 1.13. The predicted molar refractivity (Wildman–Crippen MR) is 341 cm³/mol. The van der Waals surface area contributed by atoms with Crippen molar-refractivity contribution in [3.05, 3.63) is 59.7 Å². The number of Topliss-reactive ketones (excluding diaryl/α,β-unsaturated/α-hetero) is 3. The van der Waals surface area contributed by atoms with E-state index in [-0.39, 0.29) is 68.7 Å². The van der Waals surface area contributed by atoms with Crippen LogP contribution in [0.3, 0.4) is 0 Å². The zero-order chi connectivity index (χ0) is 68.8. The summed E-state index contributed by atoms with van der Waals surface area (Å²) in [6.07, 6.45) is -5.51. The van der Waals surface area contributed by atoms with Gasteiger partial charge in [0.05, 0.1) is 61.0 Å². The van der Waals surface area contributed by atoms with Crippen molar-refractivity contribution in [2.24, 2.45) is 41.4 Å². The number of aromatic nitrogens is 1. The van der Waals surface area contributed by atoms with E-state index < -0.39 is 194 Å². The van der Waals surface area contributed by atoms with Crippen LogP contribution in [-0.2, 0) is 80.1 Å². The van der Waals surface area contributed by atoms with Crippen LogP contribution in [0.25, 0.3) is 10.9 Å². The van der Waals surface area contributed by atoms with Gasteiger partial charge < -0.3 is 67.7 Å². The van der Waals surface area contributed by atoms with Crippen LogP contribution < -0.4 is 42.5 Å². The Morgan fingerprint density at radius 3 is 2.11 bits per heavy atom. The molecular weight excluding hydrogens is 1240 g/mol. The van der Waals surface area contributed by atoms with Gasteiger partial charge in [0.2, 0.25) is 65.0 Å². The Labute approximate surface area is 548 Å². The number of fused-ring (bicyclic) bond motifs is 5. The highest BCUT2D eigenvalue weighted by molar-refractivity contribution is 7.99. The number of carbonyl (C=O) groups excluding carboxylic acids is 14. The largest absolute Gasteiger partial charge is 0.394 e. The molecule has 5 heterocycles. The number of aliphatic hydroxyl groups is 3. The van der Waals surface area contributed by atoms with Crippen LogP contribution in [0, 0.1) is 41.4 Å². The molecule has 94 heavy (non-hydrogen) atoms. The second kappa shape index (κ2) is 33.1. The molecule has 13 atom stereocenters. The summed E-state index contributed by atoms with van der Waals surface area (Å²) in [5.41, 5.74) is 1.92. The van der Waals surface area contributed by atoms with Crippen LogP contribution in [0.5, 0.6) is 0 Å². The zero-order valence-electron chi connectivity index (χ0n) is 53.9. The zero-order valence-corrected chi connectivity index (χ0v) is 54.7. The van der Waals surface area contributed by atoms with Gasteiger partial charge in [-0.3, -0.25) is 72.0 Å². The van der Waals surface area contributed by atoms with Gasteiger partial charge in [0.15, 0.2) is 17.3 Å². The van der Waals surface area contributed by atoms with Gasteiger partial charge in [-0.2, -0.15) is 0 Å². The minimum absolute atomic E-state index is 0.0666. The van der Waals surface area contributed by atoms with E-state index in [1.54, 1.807) is 90.1 Å². The van der Waals surface area contributed by atoms with Crippen molar-refractivity contribution in [3.8, 4) is 0 Å². The van der Waals surface area contributed by atoms with E-state index in [0.717, 1.165) is 21.6 Å². The lowest BCUT2D eigenvalue weighted by Gasteiger charge is -2.32. The Kier molecular flexibility index (Phi) is 25.7. The number of imide groups is 1. The highest BCUT2D eigenvalue weighted by atomic mass is 32.2.